The molecule has 4 rings (SSSR count). The number of hydrogen-bond acceptors (Lipinski definition) is 5. The van der Waals surface area contributed by atoms with Gasteiger partial charge in [0.1, 0.15) is 5.75 Å². The highest BCUT2D eigenvalue weighted by atomic mass is 32.2. The number of nitrogens with one attached hydrogen (secondary N) is 1. The zero-order valence-corrected chi connectivity index (χ0v) is 20.3. The summed E-state index contributed by atoms with van der Waals surface area (Å²) in [7, 11) is -3.66. The summed E-state index contributed by atoms with van der Waals surface area (Å²) >= 11 is 0. The molecule has 34 heavy (non-hydrogen) atoms. The molecule has 0 bridgehead atoms. The van der Waals surface area contributed by atoms with Gasteiger partial charge in [0.05, 0.1) is 16.3 Å². The number of benzene rings is 2. The lowest BCUT2D eigenvalue weighted by Crippen LogP contribution is -2.35. The number of piperidine rings is 1. The maximum atomic E-state index is 13.2. The van der Waals surface area contributed by atoms with Crippen LogP contribution in [0.3, 0.4) is 0 Å². The van der Waals surface area contributed by atoms with Crippen molar-refractivity contribution in [1.82, 2.24) is 14.1 Å². The number of nitrogens with zero attached hydrogens (tertiary/aromatic N) is 3. The summed E-state index contributed by atoms with van der Waals surface area (Å²) in [4.78, 5) is 12.9. The lowest BCUT2D eigenvalue weighted by atomic mass is 10.2. The van der Waals surface area contributed by atoms with Crippen LogP contribution in [-0.2, 0) is 21.4 Å². The maximum Gasteiger partial charge on any atom is 0.243 e. The third-order valence-electron chi connectivity index (χ3n) is 5.80. The molecule has 0 unspecified atom stereocenters. The Hall–Kier alpha value is -3.17. The van der Waals surface area contributed by atoms with Crippen LogP contribution in [0.4, 0.5) is 5.69 Å². The third-order valence-corrected chi connectivity index (χ3v) is 7.70. The van der Waals surface area contributed by atoms with Gasteiger partial charge in [0.2, 0.25) is 15.9 Å². The van der Waals surface area contributed by atoms with Gasteiger partial charge in [0, 0.05) is 31.7 Å². The van der Waals surface area contributed by atoms with Crippen molar-refractivity contribution in [3.8, 4) is 11.5 Å². The largest absolute Gasteiger partial charge is 0.455 e. The molecule has 0 radical (unpaired) electrons. The molecule has 1 aromatic heterocycles. The van der Waals surface area contributed by atoms with Gasteiger partial charge in [0.25, 0.3) is 0 Å². The Labute approximate surface area is 200 Å². The molecule has 8 nitrogen and oxygen atoms in total. The van der Waals surface area contributed by atoms with Crippen LogP contribution in [0.5, 0.6) is 11.5 Å². The van der Waals surface area contributed by atoms with Gasteiger partial charge in [-0.25, -0.2) is 8.42 Å². The molecular formula is C25H30N4O4S. The molecular weight excluding hydrogens is 452 g/mol. The van der Waals surface area contributed by atoms with Crippen LogP contribution in [0.15, 0.2) is 59.5 Å². The summed E-state index contributed by atoms with van der Waals surface area (Å²) in [5.74, 6) is 0.716. The minimum absolute atomic E-state index is 0.142. The van der Waals surface area contributed by atoms with Gasteiger partial charge in [-0.3, -0.25) is 9.48 Å². The Kier molecular flexibility index (Phi) is 7.33. The average Bonchev–Trinajstić information content (AvgIpc) is 3.16. The predicted octanol–water partition coefficient (Wildman–Crippen LogP) is 4.50. The Bertz CT molecular complexity index is 1250. The number of amides is 1. The Balaban J connectivity index is 1.58. The fraction of sp³-hybridized carbons (Fsp3) is 0.360. The van der Waals surface area contributed by atoms with Crippen molar-refractivity contribution in [1.29, 1.82) is 0 Å². The van der Waals surface area contributed by atoms with Gasteiger partial charge in [-0.2, -0.15) is 9.40 Å². The number of para-hydroxylation sites is 1. The normalized spacial score (nSPS) is 14.6. The van der Waals surface area contributed by atoms with Crippen molar-refractivity contribution in [2.45, 2.75) is 51.0 Å². The van der Waals surface area contributed by atoms with Crippen LogP contribution in [0.1, 0.15) is 37.1 Å². The van der Waals surface area contributed by atoms with Crippen molar-refractivity contribution in [3.05, 3.63) is 66.0 Å². The van der Waals surface area contributed by atoms with Crippen molar-refractivity contribution < 1.29 is 17.9 Å². The number of carbonyl (C=O) groups excluding carboxylic acids is 1. The molecule has 1 saturated heterocycles. The molecule has 1 N–H and O–H groups in total. The molecule has 1 aliphatic heterocycles. The maximum absolute atomic E-state index is 13.2. The molecule has 9 heteroatoms. The van der Waals surface area contributed by atoms with E-state index in [9.17, 15) is 13.2 Å². The lowest BCUT2D eigenvalue weighted by molar-refractivity contribution is -0.116. The SMILES string of the molecule is Cc1cc(C)n(CCC(=O)Nc2cc(S(=O)(=O)N3CCCCC3)ccc2Oc2ccccc2)n1. The fourth-order valence-electron chi connectivity index (χ4n) is 4.05. The van der Waals surface area contributed by atoms with E-state index in [4.69, 9.17) is 4.74 Å². The van der Waals surface area contributed by atoms with E-state index in [1.807, 2.05) is 38.1 Å². The first kappa shape index (κ1) is 24.0. The first-order valence-electron chi connectivity index (χ1n) is 11.5. The molecule has 0 saturated carbocycles. The van der Waals surface area contributed by atoms with Crippen LogP contribution in [0.2, 0.25) is 0 Å². The number of ether oxygens (including phenoxy) is 1. The second-order valence-corrected chi connectivity index (χ2v) is 10.4. The van der Waals surface area contributed by atoms with E-state index in [1.165, 1.54) is 16.4 Å². The van der Waals surface area contributed by atoms with Crippen LogP contribution in [0, 0.1) is 13.8 Å². The molecule has 2 aromatic carbocycles. The van der Waals surface area contributed by atoms with Crippen molar-refractivity contribution in [3.63, 3.8) is 0 Å². The summed E-state index contributed by atoms with van der Waals surface area (Å²) < 4.78 is 35.7. The minimum Gasteiger partial charge on any atom is -0.455 e. The monoisotopic (exact) mass is 482 g/mol. The molecule has 180 valence electrons. The van der Waals surface area contributed by atoms with E-state index < -0.39 is 10.0 Å². The van der Waals surface area contributed by atoms with Crippen LogP contribution >= 0.6 is 0 Å². The molecule has 1 aliphatic rings. The second-order valence-electron chi connectivity index (χ2n) is 8.49. The quantitative estimate of drug-likeness (QED) is 0.510. The van der Waals surface area contributed by atoms with Gasteiger partial charge in [0.15, 0.2) is 5.75 Å². The summed E-state index contributed by atoms with van der Waals surface area (Å²) in [6, 6.07) is 15.7. The molecule has 1 amide bonds. The van der Waals surface area contributed by atoms with Crippen LogP contribution in [-0.4, -0.2) is 41.5 Å². The highest BCUT2D eigenvalue weighted by molar-refractivity contribution is 7.89. The molecule has 2 heterocycles. The first-order valence-corrected chi connectivity index (χ1v) is 12.9. The summed E-state index contributed by atoms with van der Waals surface area (Å²) in [6.45, 7) is 5.29. The zero-order valence-electron chi connectivity index (χ0n) is 19.5. The third kappa shape index (κ3) is 5.66. The minimum atomic E-state index is -3.66. The molecule has 3 aromatic rings. The Morgan fingerprint density at radius 2 is 1.76 bits per heavy atom. The molecule has 1 fully saturated rings. The number of aryl methyl sites for hydroxylation is 3. The smallest absolute Gasteiger partial charge is 0.243 e. The van der Waals surface area contributed by atoms with Crippen molar-refractivity contribution in [2.75, 3.05) is 18.4 Å². The number of aromatic nitrogens is 2. The highest BCUT2D eigenvalue weighted by Gasteiger charge is 2.27. The standard InChI is InChI=1S/C25H30N4O4S/c1-19-17-20(2)29(27-19)16-13-25(30)26-23-18-22(34(31,32)28-14-7-4-8-15-28)11-12-24(23)33-21-9-5-3-6-10-21/h3,5-6,9-12,17-18H,4,7-8,13-16H2,1-2H3,(H,26,30). The summed E-state index contributed by atoms with van der Waals surface area (Å²) in [5.41, 5.74) is 2.19. The van der Waals surface area contributed by atoms with Gasteiger partial charge >= 0.3 is 0 Å². The number of anilines is 1. The van der Waals surface area contributed by atoms with Gasteiger partial charge in [-0.05, 0) is 63.1 Å². The van der Waals surface area contributed by atoms with E-state index in [0.29, 0.717) is 36.8 Å². The van der Waals surface area contributed by atoms with E-state index in [0.717, 1.165) is 30.7 Å². The molecule has 0 aliphatic carbocycles. The summed E-state index contributed by atoms with van der Waals surface area (Å²) in [5, 5.41) is 7.24. The van der Waals surface area contributed by atoms with E-state index >= 15 is 0 Å². The topological polar surface area (TPSA) is 93.5 Å². The van der Waals surface area contributed by atoms with E-state index in [2.05, 4.69) is 10.4 Å². The number of carbonyl (C=O) groups is 1. The fourth-order valence-corrected chi connectivity index (χ4v) is 5.59. The van der Waals surface area contributed by atoms with Gasteiger partial charge in [-0.15, -0.1) is 0 Å². The van der Waals surface area contributed by atoms with Crippen LogP contribution < -0.4 is 10.1 Å². The van der Waals surface area contributed by atoms with E-state index in [-0.39, 0.29) is 17.2 Å². The molecule has 0 spiro atoms. The van der Waals surface area contributed by atoms with Gasteiger partial charge in [-0.1, -0.05) is 24.6 Å². The van der Waals surface area contributed by atoms with Crippen LogP contribution in [0.25, 0.3) is 0 Å². The predicted molar refractivity (Wildman–Crippen MR) is 131 cm³/mol. The number of rotatable bonds is 8. The average molecular weight is 483 g/mol. The van der Waals surface area contributed by atoms with E-state index in [1.54, 1.807) is 22.9 Å². The number of hydrogen-bond donors (Lipinski definition) is 1. The highest BCUT2D eigenvalue weighted by Crippen LogP contribution is 2.33. The second kappa shape index (κ2) is 10.4. The first-order chi connectivity index (χ1) is 16.3. The zero-order chi connectivity index (χ0) is 24.1. The van der Waals surface area contributed by atoms with Gasteiger partial charge < -0.3 is 10.1 Å². The van der Waals surface area contributed by atoms with Crippen molar-refractivity contribution in [2.24, 2.45) is 0 Å². The lowest BCUT2D eigenvalue weighted by Gasteiger charge is -2.26. The Morgan fingerprint density at radius 3 is 2.44 bits per heavy atom. The number of sulfonamides is 1. The summed E-state index contributed by atoms with van der Waals surface area (Å²) in [6.07, 6.45) is 2.93. The van der Waals surface area contributed by atoms with Crippen molar-refractivity contribution >= 4 is 21.6 Å². The molecule has 0 atom stereocenters. The Morgan fingerprint density at radius 1 is 1.03 bits per heavy atom.